The molecule has 0 aromatic carbocycles. The van der Waals surface area contributed by atoms with Crippen LogP contribution < -0.4 is 0 Å². The van der Waals surface area contributed by atoms with Crippen molar-refractivity contribution in [2.75, 3.05) is 0 Å². The van der Waals surface area contributed by atoms with E-state index in [1.54, 1.807) is 0 Å². The highest BCUT2D eigenvalue weighted by atomic mass is 16.3. The molecule has 17 heavy (non-hydrogen) atoms. The van der Waals surface area contributed by atoms with Crippen LogP contribution in [0.1, 0.15) is 44.0 Å². The molecule has 2 bridgehead atoms. The Morgan fingerprint density at radius 2 is 2.35 bits per heavy atom. The fourth-order valence-corrected chi connectivity index (χ4v) is 3.96. The average molecular weight is 234 g/mol. The van der Waals surface area contributed by atoms with Gasteiger partial charge in [-0.15, -0.1) is 0 Å². The van der Waals surface area contributed by atoms with Crippen LogP contribution in [0.4, 0.5) is 0 Å². The zero-order chi connectivity index (χ0) is 12.0. The Morgan fingerprint density at radius 3 is 2.94 bits per heavy atom. The first-order valence-electron chi connectivity index (χ1n) is 6.86. The third kappa shape index (κ3) is 1.81. The molecular weight excluding hydrogens is 212 g/mol. The largest absolute Gasteiger partial charge is 0.389 e. The lowest BCUT2D eigenvalue weighted by molar-refractivity contribution is -0.0141. The van der Waals surface area contributed by atoms with Crippen LogP contribution >= 0.6 is 0 Å². The molecule has 3 rings (SSSR count). The first-order chi connectivity index (χ1) is 8.10. The van der Waals surface area contributed by atoms with Crippen molar-refractivity contribution in [2.24, 2.45) is 11.8 Å². The molecule has 2 saturated carbocycles. The molecule has 1 aromatic heterocycles. The Kier molecular flexibility index (Phi) is 2.54. The lowest BCUT2D eigenvalue weighted by atomic mass is 9.81. The van der Waals surface area contributed by atoms with Gasteiger partial charge in [0.15, 0.2) is 0 Å². The first kappa shape index (κ1) is 11.3. The van der Waals surface area contributed by atoms with Gasteiger partial charge in [-0.1, -0.05) is 0 Å². The molecule has 94 valence electrons. The maximum absolute atomic E-state index is 10.8. The van der Waals surface area contributed by atoms with E-state index in [-0.39, 0.29) is 0 Å². The van der Waals surface area contributed by atoms with Crippen molar-refractivity contribution in [3.63, 3.8) is 0 Å². The molecule has 1 N–H and O–H groups in total. The SMILES string of the molecule is CCn1nc(C)cc1CC1(O)CC2CCC1C2. The summed E-state index contributed by atoms with van der Waals surface area (Å²) in [7, 11) is 0. The summed E-state index contributed by atoms with van der Waals surface area (Å²) in [6.07, 6.45) is 5.60. The summed E-state index contributed by atoms with van der Waals surface area (Å²) >= 11 is 0. The van der Waals surface area contributed by atoms with Gasteiger partial charge in [-0.25, -0.2) is 0 Å². The minimum absolute atomic E-state index is 0.442. The minimum Gasteiger partial charge on any atom is -0.389 e. The van der Waals surface area contributed by atoms with Gasteiger partial charge in [0.2, 0.25) is 0 Å². The van der Waals surface area contributed by atoms with Gasteiger partial charge in [-0.3, -0.25) is 4.68 Å². The predicted molar refractivity (Wildman–Crippen MR) is 66.7 cm³/mol. The van der Waals surface area contributed by atoms with Crippen molar-refractivity contribution in [3.8, 4) is 0 Å². The highest BCUT2D eigenvalue weighted by Gasteiger charge is 2.50. The van der Waals surface area contributed by atoms with Crippen LogP contribution in [0.2, 0.25) is 0 Å². The summed E-state index contributed by atoms with van der Waals surface area (Å²) in [5.41, 5.74) is 1.83. The highest BCUT2D eigenvalue weighted by molar-refractivity contribution is 5.15. The van der Waals surface area contributed by atoms with Crippen LogP contribution in [0.5, 0.6) is 0 Å². The van der Waals surface area contributed by atoms with Crippen molar-refractivity contribution < 1.29 is 5.11 Å². The predicted octanol–water partition coefficient (Wildman–Crippen LogP) is 2.31. The van der Waals surface area contributed by atoms with E-state index in [1.807, 2.05) is 11.6 Å². The third-order valence-electron chi connectivity index (χ3n) is 4.72. The van der Waals surface area contributed by atoms with Gasteiger partial charge in [0.25, 0.3) is 0 Å². The standard InChI is InChI=1S/C14H22N2O/c1-3-16-13(6-10(2)15-16)9-14(17)8-11-4-5-12(14)7-11/h6,11-12,17H,3-5,7-9H2,1-2H3. The van der Waals surface area contributed by atoms with Crippen LogP contribution in [0.25, 0.3) is 0 Å². The summed E-state index contributed by atoms with van der Waals surface area (Å²) < 4.78 is 2.04. The van der Waals surface area contributed by atoms with E-state index in [0.29, 0.717) is 5.92 Å². The third-order valence-corrected chi connectivity index (χ3v) is 4.72. The molecule has 2 fully saturated rings. The molecule has 3 heteroatoms. The van der Waals surface area contributed by atoms with E-state index in [9.17, 15) is 5.11 Å². The highest BCUT2D eigenvalue weighted by Crippen LogP contribution is 2.51. The smallest absolute Gasteiger partial charge is 0.0733 e. The molecule has 0 amide bonds. The quantitative estimate of drug-likeness (QED) is 0.871. The summed E-state index contributed by atoms with van der Waals surface area (Å²) in [4.78, 5) is 0. The second-order valence-corrected chi connectivity index (χ2v) is 5.95. The van der Waals surface area contributed by atoms with Gasteiger partial charge in [-0.05, 0) is 57.4 Å². The van der Waals surface area contributed by atoms with Crippen molar-refractivity contribution >= 4 is 0 Å². The summed E-state index contributed by atoms with van der Waals surface area (Å²) in [5, 5.41) is 15.3. The molecule has 2 aliphatic carbocycles. The monoisotopic (exact) mass is 234 g/mol. The van der Waals surface area contributed by atoms with Crippen LogP contribution in [-0.4, -0.2) is 20.5 Å². The van der Waals surface area contributed by atoms with Crippen LogP contribution in [0.15, 0.2) is 6.07 Å². The molecule has 0 aliphatic heterocycles. The Labute approximate surface area is 103 Å². The maximum atomic E-state index is 10.8. The van der Waals surface area contributed by atoms with E-state index >= 15 is 0 Å². The lowest BCUT2D eigenvalue weighted by Gasteiger charge is -2.32. The Balaban J connectivity index is 1.82. The number of rotatable bonds is 3. The lowest BCUT2D eigenvalue weighted by Crippen LogP contribution is -2.38. The number of nitrogens with zero attached hydrogens (tertiary/aromatic N) is 2. The van der Waals surface area contributed by atoms with E-state index in [4.69, 9.17) is 0 Å². The average Bonchev–Trinajstić information content (AvgIpc) is 2.92. The number of fused-ring (bicyclic) bond motifs is 2. The molecule has 3 nitrogen and oxygen atoms in total. The Hall–Kier alpha value is -0.830. The zero-order valence-electron chi connectivity index (χ0n) is 10.8. The molecular formula is C14H22N2O. The van der Waals surface area contributed by atoms with Crippen LogP contribution in [-0.2, 0) is 13.0 Å². The van der Waals surface area contributed by atoms with Crippen molar-refractivity contribution in [3.05, 3.63) is 17.5 Å². The molecule has 0 saturated heterocycles. The van der Waals surface area contributed by atoms with Crippen molar-refractivity contribution in [1.82, 2.24) is 9.78 Å². The minimum atomic E-state index is -0.442. The van der Waals surface area contributed by atoms with E-state index < -0.39 is 5.60 Å². The number of hydrogen-bond acceptors (Lipinski definition) is 2. The van der Waals surface area contributed by atoms with E-state index in [2.05, 4.69) is 18.1 Å². The van der Waals surface area contributed by atoms with E-state index in [1.165, 1.54) is 25.0 Å². The van der Waals surface area contributed by atoms with Gasteiger partial charge < -0.3 is 5.11 Å². The van der Waals surface area contributed by atoms with Gasteiger partial charge in [0, 0.05) is 18.7 Å². The summed E-state index contributed by atoms with van der Waals surface area (Å²) in [6, 6.07) is 2.13. The molecule has 3 atom stereocenters. The molecule has 0 radical (unpaired) electrons. The Bertz CT molecular complexity index is 426. The number of aryl methyl sites for hydroxylation is 2. The van der Waals surface area contributed by atoms with Gasteiger partial charge in [-0.2, -0.15) is 5.10 Å². The summed E-state index contributed by atoms with van der Waals surface area (Å²) in [5.74, 6) is 1.32. The van der Waals surface area contributed by atoms with E-state index in [0.717, 1.165) is 31.0 Å². The number of hydrogen-bond donors (Lipinski definition) is 1. The fraction of sp³-hybridized carbons (Fsp3) is 0.786. The van der Waals surface area contributed by atoms with Gasteiger partial charge >= 0.3 is 0 Å². The maximum Gasteiger partial charge on any atom is 0.0733 e. The summed E-state index contributed by atoms with van der Waals surface area (Å²) in [6.45, 7) is 5.04. The topological polar surface area (TPSA) is 38.0 Å². The van der Waals surface area contributed by atoms with Crippen LogP contribution in [0.3, 0.4) is 0 Å². The molecule has 3 unspecified atom stereocenters. The van der Waals surface area contributed by atoms with Gasteiger partial charge in [0.1, 0.15) is 0 Å². The number of aliphatic hydroxyl groups is 1. The fourth-order valence-electron chi connectivity index (χ4n) is 3.96. The second kappa shape index (κ2) is 3.84. The normalized spacial score (nSPS) is 35.7. The molecule has 0 spiro atoms. The Morgan fingerprint density at radius 1 is 1.53 bits per heavy atom. The second-order valence-electron chi connectivity index (χ2n) is 5.95. The molecule has 2 aliphatic rings. The first-order valence-corrected chi connectivity index (χ1v) is 6.86. The molecule has 1 aromatic rings. The molecule has 1 heterocycles. The number of aromatic nitrogens is 2. The van der Waals surface area contributed by atoms with Crippen molar-refractivity contribution in [1.29, 1.82) is 0 Å². The zero-order valence-corrected chi connectivity index (χ0v) is 10.8. The van der Waals surface area contributed by atoms with Crippen molar-refractivity contribution in [2.45, 2.75) is 58.1 Å². The van der Waals surface area contributed by atoms with Gasteiger partial charge in [0.05, 0.1) is 11.3 Å². The van der Waals surface area contributed by atoms with Crippen LogP contribution in [0, 0.1) is 18.8 Å².